The molecular formula is C27H35NO4. The molecule has 172 valence electrons. The van der Waals surface area contributed by atoms with Gasteiger partial charge >= 0.3 is 5.63 Å². The van der Waals surface area contributed by atoms with Crippen molar-refractivity contribution in [2.75, 3.05) is 20.3 Å². The van der Waals surface area contributed by atoms with E-state index in [1.807, 2.05) is 42.5 Å². The quantitative estimate of drug-likeness (QED) is 0.245. The van der Waals surface area contributed by atoms with Crippen LogP contribution >= 0.6 is 0 Å². The summed E-state index contributed by atoms with van der Waals surface area (Å²) in [4.78, 5) is 16.4. The first-order valence-electron chi connectivity index (χ1n) is 11.9. The zero-order chi connectivity index (χ0) is 22.4. The molecule has 3 aromatic rings. The molecule has 0 spiro atoms. The lowest BCUT2D eigenvalue weighted by molar-refractivity contribution is 0.192. The number of aromatic nitrogens is 1. The fourth-order valence-electron chi connectivity index (χ4n) is 3.84. The number of rotatable bonds is 15. The fourth-order valence-corrected chi connectivity index (χ4v) is 3.84. The van der Waals surface area contributed by atoms with E-state index < -0.39 is 0 Å². The molecule has 2 heterocycles. The van der Waals surface area contributed by atoms with Gasteiger partial charge in [0.2, 0.25) is 5.71 Å². The van der Waals surface area contributed by atoms with E-state index in [0.29, 0.717) is 11.3 Å². The van der Waals surface area contributed by atoms with Gasteiger partial charge in [-0.1, -0.05) is 63.5 Å². The SMILES string of the molecule is COCCCCCCCCCCCCOc1ccc(-c2cc3cccnc3oc2=O)cc1. The highest BCUT2D eigenvalue weighted by atomic mass is 16.5. The number of hydrogen-bond acceptors (Lipinski definition) is 5. The number of ether oxygens (including phenoxy) is 2. The van der Waals surface area contributed by atoms with Crippen molar-refractivity contribution in [3.63, 3.8) is 0 Å². The molecule has 1 aromatic carbocycles. The summed E-state index contributed by atoms with van der Waals surface area (Å²) in [6.07, 6.45) is 14.3. The van der Waals surface area contributed by atoms with Crippen LogP contribution in [0.3, 0.4) is 0 Å². The van der Waals surface area contributed by atoms with Crippen molar-refractivity contribution in [3.8, 4) is 16.9 Å². The van der Waals surface area contributed by atoms with Crippen molar-refractivity contribution in [3.05, 3.63) is 59.1 Å². The van der Waals surface area contributed by atoms with Crippen LogP contribution in [-0.4, -0.2) is 25.3 Å². The van der Waals surface area contributed by atoms with E-state index in [2.05, 4.69) is 4.98 Å². The Hall–Kier alpha value is -2.66. The molecule has 32 heavy (non-hydrogen) atoms. The molecule has 2 aromatic heterocycles. The van der Waals surface area contributed by atoms with Crippen LogP contribution in [-0.2, 0) is 4.74 Å². The molecule has 5 nitrogen and oxygen atoms in total. The maximum absolute atomic E-state index is 12.3. The van der Waals surface area contributed by atoms with E-state index in [-0.39, 0.29) is 5.63 Å². The summed E-state index contributed by atoms with van der Waals surface area (Å²) < 4.78 is 16.3. The van der Waals surface area contributed by atoms with Crippen LogP contribution in [0.2, 0.25) is 0 Å². The lowest BCUT2D eigenvalue weighted by Gasteiger charge is -2.08. The largest absolute Gasteiger partial charge is 0.494 e. The number of fused-ring (bicyclic) bond motifs is 1. The van der Waals surface area contributed by atoms with Gasteiger partial charge in [-0.05, 0) is 48.7 Å². The molecule has 0 saturated carbocycles. The standard InChI is InChI=1S/C27H35NO4/c1-30-19-10-8-6-4-2-3-5-7-9-11-20-31-24-16-14-22(15-17-24)25-21-23-13-12-18-28-26(23)32-27(25)29/h12-18,21H,2-11,19-20H2,1H3. The van der Waals surface area contributed by atoms with Crippen LogP contribution in [0, 0.1) is 0 Å². The molecule has 5 heteroatoms. The first kappa shape index (κ1) is 24.0. The molecule has 0 saturated heterocycles. The monoisotopic (exact) mass is 437 g/mol. The van der Waals surface area contributed by atoms with Gasteiger partial charge in [-0.2, -0.15) is 0 Å². The lowest BCUT2D eigenvalue weighted by Crippen LogP contribution is -2.03. The Labute approximate surface area is 190 Å². The zero-order valence-electron chi connectivity index (χ0n) is 19.2. The highest BCUT2D eigenvalue weighted by Gasteiger charge is 2.08. The van der Waals surface area contributed by atoms with E-state index in [1.165, 1.54) is 57.8 Å². The number of pyridine rings is 1. The van der Waals surface area contributed by atoms with Crippen molar-refractivity contribution in [1.82, 2.24) is 4.98 Å². The maximum atomic E-state index is 12.3. The number of unbranched alkanes of at least 4 members (excludes halogenated alkanes) is 9. The van der Waals surface area contributed by atoms with Crippen LogP contribution in [0.1, 0.15) is 64.2 Å². The van der Waals surface area contributed by atoms with Gasteiger partial charge < -0.3 is 13.9 Å². The van der Waals surface area contributed by atoms with Crippen LogP contribution in [0.5, 0.6) is 5.75 Å². The summed E-state index contributed by atoms with van der Waals surface area (Å²) in [6, 6.07) is 13.2. The first-order chi connectivity index (χ1) is 15.8. The minimum Gasteiger partial charge on any atom is -0.494 e. The van der Waals surface area contributed by atoms with Gasteiger partial charge in [-0.3, -0.25) is 0 Å². The molecular weight excluding hydrogens is 402 g/mol. The number of benzene rings is 1. The molecule has 0 amide bonds. The summed E-state index contributed by atoms with van der Waals surface area (Å²) >= 11 is 0. The maximum Gasteiger partial charge on any atom is 0.345 e. The Kier molecular flexibility index (Phi) is 10.3. The van der Waals surface area contributed by atoms with Crippen molar-refractivity contribution >= 4 is 11.1 Å². The average molecular weight is 438 g/mol. The molecule has 0 aliphatic carbocycles. The van der Waals surface area contributed by atoms with E-state index in [9.17, 15) is 4.79 Å². The van der Waals surface area contributed by atoms with E-state index in [1.54, 1.807) is 13.3 Å². The third-order valence-electron chi connectivity index (χ3n) is 5.69. The van der Waals surface area contributed by atoms with Crippen LogP contribution in [0.4, 0.5) is 0 Å². The molecule has 0 radical (unpaired) electrons. The summed E-state index contributed by atoms with van der Waals surface area (Å²) in [6.45, 7) is 1.62. The van der Waals surface area contributed by atoms with Crippen LogP contribution < -0.4 is 10.4 Å². The minimum absolute atomic E-state index is 0.360. The number of nitrogens with zero attached hydrogens (tertiary/aromatic N) is 1. The van der Waals surface area contributed by atoms with Crippen molar-refractivity contribution < 1.29 is 13.9 Å². The number of hydrogen-bond donors (Lipinski definition) is 0. The highest BCUT2D eigenvalue weighted by molar-refractivity contribution is 5.78. The van der Waals surface area contributed by atoms with Gasteiger partial charge in [-0.15, -0.1) is 0 Å². The summed E-state index contributed by atoms with van der Waals surface area (Å²) in [5.41, 5.74) is 1.33. The van der Waals surface area contributed by atoms with E-state index in [4.69, 9.17) is 13.9 Å². The van der Waals surface area contributed by atoms with E-state index >= 15 is 0 Å². The highest BCUT2D eigenvalue weighted by Crippen LogP contribution is 2.23. The second kappa shape index (κ2) is 13.7. The van der Waals surface area contributed by atoms with Gasteiger partial charge in [0.25, 0.3) is 0 Å². The van der Waals surface area contributed by atoms with Crippen LogP contribution in [0.25, 0.3) is 22.2 Å². The summed E-state index contributed by atoms with van der Waals surface area (Å²) in [5.74, 6) is 0.828. The molecule has 0 atom stereocenters. The molecule has 0 bridgehead atoms. The van der Waals surface area contributed by atoms with Crippen molar-refractivity contribution in [2.24, 2.45) is 0 Å². The smallest absolute Gasteiger partial charge is 0.345 e. The van der Waals surface area contributed by atoms with E-state index in [0.717, 1.165) is 36.3 Å². The Morgan fingerprint density at radius 3 is 2.09 bits per heavy atom. The predicted molar refractivity (Wildman–Crippen MR) is 129 cm³/mol. The van der Waals surface area contributed by atoms with Crippen molar-refractivity contribution in [1.29, 1.82) is 0 Å². The predicted octanol–water partition coefficient (Wildman–Crippen LogP) is 6.78. The Morgan fingerprint density at radius 1 is 0.812 bits per heavy atom. The molecule has 0 aliphatic heterocycles. The third-order valence-corrected chi connectivity index (χ3v) is 5.69. The fraction of sp³-hybridized carbons (Fsp3) is 0.481. The topological polar surface area (TPSA) is 61.6 Å². The zero-order valence-corrected chi connectivity index (χ0v) is 19.2. The molecule has 0 aliphatic rings. The lowest BCUT2D eigenvalue weighted by atomic mass is 10.1. The van der Waals surface area contributed by atoms with Gasteiger partial charge in [-0.25, -0.2) is 9.78 Å². The normalized spacial score (nSPS) is 11.2. The van der Waals surface area contributed by atoms with Gasteiger partial charge in [0.1, 0.15) is 5.75 Å². The Balaban J connectivity index is 1.31. The van der Waals surface area contributed by atoms with Gasteiger partial charge in [0.15, 0.2) is 0 Å². The Morgan fingerprint density at radius 2 is 1.44 bits per heavy atom. The summed E-state index contributed by atoms with van der Waals surface area (Å²) in [7, 11) is 1.77. The molecule has 0 N–H and O–H groups in total. The molecule has 0 fully saturated rings. The minimum atomic E-state index is -0.379. The van der Waals surface area contributed by atoms with Crippen molar-refractivity contribution in [2.45, 2.75) is 64.2 Å². The second-order valence-electron chi connectivity index (χ2n) is 8.25. The molecule has 0 unspecified atom stereocenters. The second-order valence-corrected chi connectivity index (χ2v) is 8.25. The third kappa shape index (κ3) is 7.79. The molecule has 3 rings (SSSR count). The Bertz CT molecular complexity index is 981. The van der Waals surface area contributed by atoms with Crippen LogP contribution in [0.15, 0.2) is 57.9 Å². The average Bonchev–Trinajstić information content (AvgIpc) is 2.82. The number of methoxy groups -OCH3 is 1. The van der Waals surface area contributed by atoms with Gasteiger partial charge in [0, 0.05) is 25.3 Å². The summed E-state index contributed by atoms with van der Waals surface area (Å²) in [5, 5.41) is 0.810. The van der Waals surface area contributed by atoms with Gasteiger partial charge in [0.05, 0.1) is 12.2 Å². The first-order valence-corrected chi connectivity index (χ1v) is 11.9.